The molecule has 0 bridgehead atoms. The number of likely N-dealkylation sites (tertiary alicyclic amines) is 1. The number of carbonyl (C=O) groups excluding carboxylic acids is 5. The number of rotatable bonds is 16. The Bertz CT molecular complexity index is 2200. The van der Waals surface area contributed by atoms with Crippen LogP contribution in [0.25, 0.3) is 0 Å². The molecular weight excluding hydrogens is 831 g/mol. The number of benzene rings is 2. The molecule has 0 radical (unpaired) electrons. The Labute approximate surface area is 340 Å². The average Bonchev–Trinajstić information content (AvgIpc) is 3.65. The molecule has 0 spiro atoms. The number of methoxy groups -OCH3 is 1. The van der Waals surface area contributed by atoms with Gasteiger partial charge in [-0.3, -0.25) is 24.0 Å². The van der Waals surface area contributed by atoms with Crippen LogP contribution in [0.4, 0.5) is 22.0 Å². The van der Waals surface area contributed by atoms with Gasteiger partial charge in [-0.2, -0.15) is 27.2 Å². The summed E-state index contributed by atoms with van der Waals surface area (Å²) in [6, 6.07) is 10.9. The van der Waals surface area contributed by atoms with E-state index in [0.29, 0.717) is 16.9 Å². The second-order valence-corrected chi connectivity index (χ2v) is 16.6. The summed E-state index contributed by atoms with van der Waals surface area (Å²) in [6.45, 7) is -0.447. The molecule has 1 aromatic heterocycles. The van der Waals surface area contributed by atoms with E-state index in [4.69, 9.17) is 16.3 Å². The van der Waals surface area contributed by atoms with E-state index in [0.717, 1.165) is 10.2 Å². The number of Topliss-reactive ketones (excluding diaryl/α,β-unsaturated/α-hetero) is 1. The molecule has 4 amide bonds. The van der Waals surface area contributed by atoms with Gasteiger partial charge in [0.15, 0.2) is 9.84 Å². The number of nitriles is 1. The Balaban J connectivity index is 1.72. The molecule has 14 nitrogen and oxygen atoms in total. The fourth-order valence-corrected chi connectivity index (χ4v) is 8.02. The number of hydrogen-bond acceptors (Lipinski definition) is 10. The smallest absolute Gasteiger partial charge is 0.405 e. The molecule has 59 heavy (non-hydrogen) atoms. The topological polar surface area (TPSA) is 205 Å². The predicted octanol–water partition coefficient (Wildman–Crippen LogP) is 3.56. The van der Waals surface area contributed by atoms with Crippen molar-refractivity contribution in [3.63, 3.8) is 0 Å². The van der Waals surface area contributed by atoms with Gasteiger partial charge in [-0.15, -0.1) is 0 Å². The van der Waals surface area contributed by atoms with Crippen molar-refractivity contribution >= 4 is 50.9 Å². The van der Waals surface area contributed by atoms with Crippen LogP contribution in [0.2, 0.25) is 5.02 Å². The van der Waals surface area contributed by atoms with Gasteiger partial charge in [0, 0.05) is 19.2 Å². The van der Waals surface area contributed by atoms with E-state index < -0.39 is 106 Å². The Morgan fingerprint density at radius 1 is 1.00 bits per heavy atom. The quantitative estimate of drug-likeness (QED) is 0.141. The first-order valence-electron chi connectivity index (χ1n) is 17.7. The van der Waals surface area contributed by atoms with E-state index in [1.54, 1.807) is 0 Å². The highest BCUT2D eigenvalue weighted by Crippen LogP contribution is 2.29. The van der Waals surface area contributed by atoms with Crippen molar-refractivity contribution < 1.29 is 59.1 Å². The number of pyridine rings is 1. The van der Waals surface area contributed by atoms with Crippen LogP contribution in [0, 0.1) is 17.2 Å². The summed E-state index contributed by atoms with van der Waals surface area (Å²) in [7, 11) is -2.83. The molecule has 0 saturated carbocycles. The lowest BCUT2D eigenvalue weighted by Crippen LogP contribution is -2.60. The molecule has 4 atom stereocenters. The van der Waals surface area contributed by atoms with E-state index in [9.17, 15) is 50.8 Å². The van der Waals surface area contributed by atoms with Crippen LogP contribution < -0.4 is 20.7 Å². The van der Waals surface area contributed by atoms with Crippen LogP contribution in [0.5, 0.6) is 5.75 Å². The Morgan fingerprint density at radius 3 is 2.25 bits per heavy atom. The Kier molecular flexibility index (Phi) is 14.8. The normalized spacial score (nSPS) is 16.7. The van der Waals surface area contributed by atoms with Crippen molar-refractivity contribution in [2.24, 2.45) is 5.92 Å². The summed E-state index contributed by atoms with van der Waals surface area (Å²) in [5, 5.41) is 13.7. The van der Waals surface area contributed by atoms with Gasteiger partial charge in [-0.1, -0.05) is 49.7 Å². The predicted molar refractivity (Wildman–Crippen MR) is 201 cm³/mol. The van der Waals surface area contributed by atoms with Crippen molar-refractivity contribution in [2.75, 3.05) is 20.2 Å². The van der Waals surface area contributed by atoms with Crippen molar-refractivity contribution in [3.05, 3.63) is 94.3 Å². The molecule has 1 saturated heterocycles. The highest BCUT2D eigenvalue weighted by atomic mass is 35.5. The molecule has 2 aromatic carbocycles. The van der Waals surface area contributed by atoms with Crippen molar-refractivity contribution in [1.29, 1.82) is 5.26 Å². The molecule has 3 aromatic rings. The fraction of sp³-hybridized carbons (Fsp3) is 0.395. The molecule has 1 aliphatic heterocycles. The molecule has 21 heteroatoms. The maximum absolute atomic E-state index is 15.0. The summed E-state index contributed by atoms with van der Waals surface area (Å²) in [6.07, 6.45) is -4.86. The number of ether oxygens (including phenoxy) is 1. The number of halogens is 6. The third kappa shape index (κ3) is 11.9. The molecule has 316 valence electrons. The zero-order valence-corrected chi connectivity index (χ0v) is 33.1. The average molecular weight is 869 g/mol. The molecule has 4 rings (SSSR count). The number of alkyl halides is 5. The van der Waals surface area contributed by atoms with Crippen LogP contribution in [0.1, 0.15) is 47.4 Å². The van der Waals surface area contributed by atoms with Gasteiger partial charge in [0.2, 0.25) is 17.6 Å². The van der Waals surface area contributed by atoms with E-state index >= 15 is 8.78 Å². The first-order valence-corrected chi connectivity index (χ1v) is 19.8. The lowest BCUT2D eigenvalue weighted by molar-refractivity contribution is -0.165. The molecular formula is C38H38ClF5N6O8S. The molecule has 1 aliphatic rings. The van der Waals surface area contributed by atoms with Gasteiger partial charge in [-0.05, 0) is 59.9 Å². The van der Waals surface area contributed by atoms with Crippen LogP contribution in [0.3, 0.4) is 0 Å². The SMILES string of the molecule is COc1ccc(CS(=O)(=O)[C@@H]2C[C@@H](C(=O)N[C@H](C(=O)C(F)(F)C(=O)NCC(F)(F)F)C(C)C)N(C(=O)[C@H](Cc3cccc(C#N)c3)NC(=O)c3ccc(Cl)cn3)C2)cc1. The van der Waals surface area contributed by atoms with E-state index in [2.05, 4.69) is 15.6 Å². The third-order valence-corrected chi connectivity index (χ3v) is 11.6. The molecule has 2 heterocycles. The van der Waals surface area contributed by atoms with Crippen molar-refractivity contribution in [3.8, 4) is 11.8 Å². The maximum Gasteiger partial charge on any atom is 0.405 e. The first kappa shape index (κ1) is 46.0. The molecule has 1 fully saturated rings. The summed E-state index contributed by atoms with van der Waals surface area (Å²) < 4.78 is 101. The lowest BCUT2D eigenvalue weighted by atomic mass is 9.94. The van der Waals surface area contributed by atoms with Gasteiger partial charge in [0.1, 0.15) is 30.1 Å². The van der Waals surface area contributed by atoms with Crippen molar-refractivity contribution in [1.82, 2.24) is 25.8 Å². The molecule has 0 unspecified atom stereocenters. The zero-order chi connectivity index (χ0) is 43.9. The third-order valence-electron chi connectivity index (χ3n) is 9.23. The van der Waals surface area contributed by atoms with E-state index in [-0.39, 0.29) is 22.7 Å². The van der Waals surface area contributed by atoms with Gasteiger partial charge in [0.25, 0.3) is 11.8 Å². The summed E-state index contributed by atoms with van der Waals surface area (Å²) >= 11 is 5.90. The second kappa shape index (κ2) is 18.9. The van der Waals surface area contributed by atoms with Crippen LogP contribution in [-0.2, 0) is 41.2 Å². The standard InChI is InChI=1S/C38H38ClF5N6O8S/c1-21(2)31(32(51)38(43,44)36(55)47-20-37(40,41)42)49-34(53)30-15-27(59(56,57)19-22-7-10-26(58-3)11-8-22)18-50(30)35(54)29(14-23-5-4-6-24(13-23)16-45)48-33(52)28-12-9-25(39)17-46-28/h4-13,17,21,27,29-31H,14-15,18-20H2,1-3H3,(H,47,55)(H,48,52)(H,49,53)/t27-,29+,30+,31+/m1/s1. The van der Waals surface area contributed by atoms with Gasteiger partial charge in [0.05, 0.1) is 40.8 Å². The molecule has 0 aliphatic carbocycles. The maximum atomic E-state index is 15.0. The second-order valence-electron chi connectivity index (χ2n) is 13.9. The minimum Gasteiger partial charge on any atom is -0.497 e. The fourth-order valence-electron chi connectivity index (χ4n) is 6.15. The highest BCUT2D eigenvalue weighted by Gasteiger charge is 2.53. The van der Waals surface area contributed by atoms with Crippen molar-refractivity contribution in [2.45, 2.75) is 67.9 Å². The summed E-state index contributed by atoms with van der Waals surface area (Å²) in [5.74, 6) is -14.5. The van der Waals surface area contributed by atoms with E-state index in [1.165, 1.54) is 87.8 Å². The number of sulfone groups is 1. The van der Waals surface area contributed by atoms with Crippen LogP contribution in [-0.4, -0.2) is 103 Å². The number of amides is 4. The first-order chi connectivity index (χ1) is 27.6. The van der Waals surface area contributed by atoms with Gasteiger partial charge >= 0.3 is 12.1 Å². The van der Waals surface area contributed by atoms with E-state index in [1.807, 2.05) is 6.07 Å². The Hall–Kier alpha value is -5.68. The number of aromatic nitrogens is 1. The number of carbonyl (C=O) groups is 5. The number of hydrogen-bond donors (Lipinski definition) is 3. The van der Waals surface area contributed by atoms with Gasteiger partial charge in [-0.25, -0.2) is 13.4 Å². The number of nitrogens with one attached hydrogen (secondary N) is 3. The summed E-state index contributed by atoms with van der Waals surface area (Å²) in [4.78, 5) is 72.0. The van der Waals surface area contributed by atoms with Gasteiger partial charge < -0.3 is 25.6 Å². The zero-order valence-electron chi connectivity index (χ0n) is 31.6. The highest BCUT2D eigenvalue weighted by molar-refractivity contribution is 7.91. The lowest BCUT2D eigenvalue weighted by Gasteiger charge is -2.31. The van der Waals surface area contributed by atoms with Crippen LogP contribution in [0.15, 0.2) is 66.9 Å². The van der Waals surface area contributed by atoms with Crippen LogP contribution >= 0.6 is 11.6 Å². The monoisotopic (exact) mass is 868 g/mol. The number of ketones is 1. The molecule has 3 N–H and O–H groups in total. The Morgan fingerprint density at radius 2 is 1.68 bits per heavy atom. The largest absolute Gasteiger partial charge is 0.497 e. The number of nitrogens with zero attached hydrogens (tertiary/aromatic N) is 3. The minimum absolute atomic E-state index is 0.188. The minimum atomic E-state index is -5.09. The summed E-state index contributed by atoms with van der Waals surface area (Å²) in [5.41, 5.74) is 0.668.